The normalized spacial score (nSPS) is 16.2. The van der Waals surface area contributed by atoms with Crippen molar-refractivity contribution in [2.45, 2.75) is 52.4 Å². The van der Waals surface area contributed by atoms with E-state index in [4.69, 9.17) is 0 Å². The lowest BCUT2D eigenvalue weighted by Crippen LogP contribution is -2.34. The highest BCUT2D eigenvalue weighted by atomic mass is 16.2. The summed E-state index contributed by atoms with van der Waals surface area (Å²) in [5, 5.41) is 3.27. The van der Waals surface area contributed by atoms with Crippen LogP contribution >= 0.6 is 0 Å². The largest absolute Gasteiger partial charge is 0.370 e. The molecule has 1 saturated heterocycles. The minimum Gasteiger partial charge on any atom is -0.370 e. The summed E-state index contributed by atoms with van der Waals surface area (Å²) in [6.45, 7) is 6.72. The second-order valence-corrected chi connectivity index (χ2v) is 5.87. The van der Waals surface area contributed by atoms with Crippen LogP contribution in [0.25, 0.3) is 0 Å². The zero-order chi connectivity index (χ0) is 15.1. The maximum absolute atomic E-state index is 12.7. The van der Waals surface area contributed by atoms with Gasteiger partial charge in [-0.25, -0.2) is 4.98 Å². The molecule has 4 heteroatoms. The summed E-state index contributed by atoms with van der Waals surface area (Å²) in [4.78, 5) is 19.2. The Morgan fingerprint density at radius 3 is 2.52 bits per heavy atom. The maximum atomic E-state index is 12.7. The molecular weight excluding hydrogens is 262 g/mol. The molecular formula is C17H27N3O. The first kappa shape index (κ1) is 15.8. The second-order valence-electron chi connectivity index (χ2n) is 5.87. The van der Waals surface area contributed by atoms with Gasteiger partial charge in [-0.1, -0.05) is 26.2 Å². The highest BCUT2D eigenvalue weighted by Gasteiger charge is 2.17. The van der Waals surface area contributed by atoms with Crippen molar-refractivity contribution >= 4 is 11.7 Å². The third-order valence-corrected chi connectivity index (χ3v) is 3.90. The van der Waals surface area contributed by atoms with Gasteiger partial charge in [0.05, 0.1) is 0 Å². The molecule has 1 aliphatic heterocycles. The molecule has 1 aliphatic rings. The van der Waals surface area contributed by atoms with Crippen LogP contribution in [0.4, 0.5) is 5.82 Å². The van der Waals surface area contributed by atoms with E-state index in [0.29, 0.717) is 0 Å². The summed E-state index contributed by atoms with van der Waals surface area (Å²) in [5.41, 5.74) is 1.66. The van der Waals surface area contributed by atoms with Crippen molar-refractivity contribution < 1.29 is 4.79 Å². The van der Waals surface area contributed by atoms with Crippen LogP contribution in [-0.2, 0) is 0 Å². The van der Waals surface area contributed by atoms with Crippen molar-refractivity contribution in [1.82, 2.24) is 9.88 Å². The van der Waals surface area contributed by atoms with Gasteiger partial charge in [-0.05, 0) is 38.3 Å². The Kier molecular flexibility index (Phi) is 6.03. The lowest BCUT2D eigenvalue weighted by Gasteiger charge is -2.25. The molecule has 0 atom stereocenters. The van der Waals surface area contributed by atoms with Gasteiger partial charge in [0.2, 0.25) is 0 Å². The van der Waals surface area contributed by atoms with Crippen molar-refractivity contribution in [3.8, 4) is 0 Å². The molecule has 0 aliphatic carbocycles. The number of nitrogens with one attached hydrogen (secondary N) is 1. The van der Waals surface area contributed by atoms with Gasteiger partial charge in [-0.2, -0.15) is 0 Å². The van der Waals surface area contributed by atoms with Gasteiger partial charge in [-0.15, -0.1) is 0 Å². The van der Waals surface area contributed by atoms with E-state index in [0.717, 1.165) is 56.0 Å². The number of anilines is 1. The number of hydrogen-bond donors (Lipinski definition) is 1. The van der Waals surface area contributed by atoms with Crippen LogP contribution in [0, 0.1) is 6.92 Å². The summed E-state index contributed by atoms with van der Waals surface area (Å²) < 4.78 is 0. The fourth-order valence-electron chi connectivity index (χ4n) is 2.77. The molecule has 4 nitrogen and oxygen atoms in total. The molecule has 0 aromatic carbocycles. The van der Waals surface area contributed by atoms with Crippen molar-refractivity contribution in [1.29, 1.82) is 0 Å². The summed E-state index contributed by atoms with van der Waals surface area (Å²) in [5.74, 6) is 0.967. The van der Waals surface area contributed by atoms with Crippen molar-refractivity contribution in [3.63, 3.8) is 0 Å². The Morgan fingerprint density at radius 1 is 1.19 bits per heavy atom. The summed E-state index contributed by atoms with van der Waals surface area (Å²) in [7, 11) is 0. The van der Waals surface area contributed by atoms with Crippen molar-refractivity contribution in [3.05, 3.63) is 23.4 Å². The smallest absolute Gasteiger partial charge is 0.254 e. The molecule has 0 unspecified atom stereocenters. The van der Waals surface area contributed by atoms with Gasteiger partial charge >= 0.3 is 0 Å². The van der Waals surface area contributed by atoms with Gasteiger partial charge in [0, 0.05) is 30.9 Å². The highest BCUT2D eigenvalue weighted by molar-refractivity contribution is 5.95. The fourth-order valence-corrected chi connectivity index (χ4v) is 2.77. The van der Waals surface area contributed by atoms with Crippen molar-refractivity contribution in [2.24, 2.45) is 0 Å². The third kappa shape index (κ3) is 4.73. The fraction of sp³-hybridized carbons (Fsp3) is 0.647. The standard InChI is InChI=1S/C17H27N3O/c1-3-9-18-16-13-15(12-14(2)19-16)17(21)20-10-7-5-4-6-8-11-20/h12-13H,3-11H2,1-2H3,(H,18,19). The minimum atomic E-state index is 0.155. The van der Waals surface area contributed by atoms with E-state index in [-0.39, 0.29) is 5.91 Å². The number of pyridine rings is 1. The molecule has 0 bridgehead atoms. The molecule has 21 heavy (non-hydrogen) atoms. The summed E-state index contributed by atoms with van der Waals surface area (Å²) in [6, 6.07) is 3.79. The summed E-state index contributed by atoms with van der Waals surface area (Å²) in [6.07, 6.45) is 7.07. The number of rotatable bonds is 4. The molecule has 0 spiro atoms. The lowest BCUT2D eigenvalue weighted by atomic mass is 10.1. The molecule has 0 radical (unpaired) electrons. The van der Waals surface area contributed by atoms with Crippen LogP contribution in [0.3, 0.4) is 0 Å². The Labute approximate surface area is 127 Å². The first-order valence-electron chi connectivity index (χ1n) is 8.22. The number of likely N-dealkylation sites (tertiary alicyclic amines) is 1. The number of carbonyl (C=O) groups is 1. The molecule has 1 N–H and O–H groups in total. The molecule has 2 heterocycles. The van der Waals surface area contributed by atoms with Gasteiger partial charge in [0.25, 0.3) is 5.91 Å². The van der Waals surface area contributed by atoms with Crippen molar-refractivity contribution in [2.75, 3.05) is 25.0 Å². The number of carbonyl (C=O) groups excluding carboxylic acids is 1. The molecule has 2 rings (SSSR count). The predicted molar refractivity (Wildman–Crippen MR) is 86.7 cm³/mol. The average molecular weight is 289 g/mol. The van der Waals surface area contributed by atoms with Crippen LogP contribution in [0.15, 0.2) is 12.1 Å². The number of aryl methyl sites for hydroxylation is 1. The van der Waals surface area contributed by atoms with E-state index in [9.17, 15) is 4.79 Å². The van der Waals surface area contributed by atoms with E-state index in [1.807, 2.05) is 24.0 Å². The Morgan fingerprint density at radius 2 is 1.86 bits per heavy atom. The number of hydrogen-bond acceptors (Lipinski definition) is 3. The zero-order valence-corrected chi connectivity index (χ0v) is 13.3. The van der Waals surface area contributed by atoms with E-state index in [2.05, 4.69) is 17.2 Å². The van der Waals surface area contributed by atoms with Gasteiger partial charge < -0.3 is 10.2 Å². The second kappa shape index (κ2) is 8.01. The Hall–Kier alpha value is -1.58. The van der Waals surface area contributed by atoms with Crippen LogP contribution in [0.2, 0.25) is 0 Å². The van der Waals surface area contributed by atoms with E-state index < -0.39 is 0 Å². The number of nitrogens with zero attached hydrogens (tertiary/aromatic N) is 2. The van der Waals surface area contributed by atoms with Crippen LogP contribution in [0.1, 0.15) is 61.5 Å². The quantitative estimate of drug-likeness (QED) is 0.921. The van der Waals surface area contributed by atoms with Crippen LogP contribution in [0.5, 0.6) is 0 Å². The average Bonchev–Trinajstić information content (AvgIpc) is 2.43. The molecule has 116 valence electrons. The van der Waals surface area contributed by atoms with Gasteiger partial charge in [-0.3, -0.25) is 4.79 Å². The van der Waals surface area contributed by atoms with E-state index >= 15 is 0 Å². The highest BCUT2D eigenvalue weighted by Crippen LogP contribution is 2.16. The molecule has 0 saturated carbocycles. The third-order valence-electron chi connectivity index (χ3n) is 3.90. The molecule has 1 aromatic heterocycles. The van der Waals surface area contributed by atoms with E-state index in [1.54, 1.807) is 0 Å². The SMILES string of the molecule is CCCNc1cc(C(=O)N2CCCCCCC2)cc(C)n1. The molecule has 1 aromatic rings. The Balaban J connectivity index is 2.11. The first-order chi connectivity index (χ1) is 10.2. The topological polar surface area (TPSA) is 45.2 Å². The minimum absolute atomic E-state index is 0.155. The predicted octanol–water partition coefficient (Wildman–Crippen LogP) is 3.62. The van der Waals surface area contributed by atoms with Crippen LogP contribution < -0.4 is 5.32 Å². The van der Waals surface area contributed by atoms with Gasteiger partial charge in [0.1, 0.15) is 5.82 Å². The lowest BCUT2D eigenvalue weighted by molar-refractivity contribution is 0.0742. The maximum Gasteiger partial charge on any atom is 0.254 e. The summed E-state index contributed by atoms with van der Waals surface area (Å²) >= 11 is 0. The first-order valence-corrected chi connectivity index (χ1v) is 8.22. The monoisotopic (exact) mass is 289 g/mol. The van der Waals surface area contributed by atoms with Crippen LogP contribution in [-0.4, -0.2) is 35.4 Å². The van der Waals surface area contributed by atoms with E-state index in [1.165, 1.54) is 19.3 Å². The number of amides is 1. The molecule has 1 fully saturated rings. The zero-order valence-electron chi connectivity index (χ0n) is 13.3. The number of aromatic nitrogens is 1. The Bertz CT molecular complexity index is 465. The van der Waals surface area contributed by atoms with Gasteiger partial charge in [0.15, 0.2) is 0 Å². The molecule has 1 amide bonds.